The Hall–Kier alpha value is -5.61. The molecule has 3 aromatic heterocycles. The van der Waals surface area contributed by atoms with Gasteiger partial charge in [-0.2, -0.15) is 0 Å². The van der Waals surface area contributed by atoms with Gasteiger partial charge in [-0.25, -0.2) is 19.8 Å². The largest absolute Gasteiger partial charge is 0.482 e. The molecule has 0 aliphatic rings. The van der Waals surface area contributed by atoms with E-state index in [1.54, 1.807) is 25.4 Å². The zero-order chi connectivity index (χ0) is 35.1. The smallest absolute Gasteiger partial charge is 0.343 e. The normalized spacial score (nSPS) is 9.48. The second kappa shape index (κ2) is 22.0. The molecule has 242 valence electrons. The number of thiazole rings is 1. The number of aromatic nitrogens is 2. The van der Waals surface area contributed by atoms with E-state index >= 15 is 0 Å². The maximum absolute atomic E-state index is 12.9. The number of carbonyl (C=O) groups is 1. The number of pyridine rings is 1. The third-order valence-electron chi connectivity index (χ3n) is 5.64. The number of nitrogen functional groups attached to an aromatic ring is 1. The van der Waals surface area contributed by atoms with E-state index in [4.69, 9.17) is 15.5 Å². The summed E-state index contributed by atoms with van der Waals surface area (Å²) in [6.07, 6.45) is 3.59. The molecule has 0 saturated heterocycles. The van der Waals surface area contributed by atoms with Crippen LogP contribution < -0.4 is 10.5 Å². The number of nitrogens with two attached hydrogens (primary N) is 1. The summed E-state index contributed by atoms with van der Waals surface area (Å²) in [6.45, 7) is 11.7. The minimum Gasteiger partial charge on any atom is -0.482 e. The molecule has 0 radical (unpaired) electrons. The summed E-state index contributed by atoms with van der Waals surface area (Å²) in [5.74, 6) is 3.10. The number of carbonyl (C=O) groups excluding carboxylic acids is 1. The van der Waals surface area contributed by atoms with Gasteiger partial charge in [0.05, 0.1) is 23.6 Å². The van der Waals surface area contributed by atoms with Gasteiger partial charge in [-0.15, -0.1) is 22.7 Å². The van der Waals surface area contributed by atoms with Crippen LogP contribution in [0.5, 0.6) is 5.75 Å². The van der Waals surface area contributed by atoms with Crippen molar-refractivity contribution < 1.29 is 18.5 Å². The van der Waals surface area contributed by atoms with Gasteiger partial charge in [0.25, 0.3) is 0 Å². The summed E-state index contributed by atoms with van der Waals surface area (Å²) in [7, 11) is 1.75. The van der Waals surface area contributed by atoms with Crippen molar-refractivity contribution in [2.45, 2.75) is 24.0 Å². The van der Waals surface area contributed by atoms with Crippen molar-refractivity contribution in [2.75, 3.05) is 32.3 Å². The predicted molar refractivity (Wildman–Crippen MR) is 196 cm³/mol. The number of aliphatic imine (C=N–C) groups is 1. The Labute approximate surface area is 290 Å². The number of anilines is 1. The minimum absolute atomic E-state index is 0.159. The van der Waals surface area contributed by atoms with Gasteiger partial charge in [0.15, 0.2) is 6.61 Å². The Bertz CT molecular complexity index is 2100. The SMILES string of the molecule is C=C=C=C=C=C=C.C=C=C=C=C=C=NC.CCCCS(=O)c1sc2nc(-c3nccs3)cc(-c3ccc(OCC(=O)OC)cc3)c2c1N. The Balaban J connectivity index is 0.000000444. The first-order chi connectivity index (χ1) is 23.3. The van der Waals surface area contributed by atoms with E-state index in [0.717, 1.165) is 44.9 Å². The number of fused-ring (bicyclic) bond motifs is 1. The van der Waals surface area contributed by atoms with E-state index < -0.39 is 16.8 Å². The van der Waals surface area contributed by atoms with Crippen molar-refractivity contribution in [1.29, 1.82) is 0 Å². The van der Waals surface area contributed by atoms with Gasteiger partial charge in [0.2, 0.25) is 0 Å². The van der Waals surface area contributed by atoms with Crippen molar-refractivity contribution in [3.05, 3.63) is 113 Å². The number of unbranched alkanes of at least 4 members (excludes halogenated alkanes) is 1. The number of methoxy groups -OCH3 is 1. The first-order valence-electron chi connectivity index (χ1n) is 14.1. The van der Waals surface area contributed by atoms with Crippen LogP contribution in [0.2, 0.25) is 0 Å². The molecule has 1 atom stereocenters. The molecular weight excluding hydrogens is 661 g/mol. The third-order valence-corrected chi connectivity index (χ3v) is 9.43. The molecule has 4 aromatic rings. The van der Waals surface area contributed by atoms with Crippen LogP contribution in [-0.2, 0) is 20.3 Å². The molecule has 11 heteroatoms. The number of nitrogens with zero attached hydrogens (tertiary/aromatic N) is 3. The van der Waals surface area contributed by atoms with Crippen LogP contribution >= 0.6 is 22.7 Å². The van der Waals surface area contributed by atoms with Crippen molar-refractivity contribution in [3.8, 4) is 27.6 Å². The van der Waals surface area contributed by atoms with E-state index in [0.29, 0.717) is 21.4 Å². The first kappa shape index (κ1) is 38.6. The van der Waals surface area contributed by atoms with Crippen LogP contribution in [0, 0.1) is 0 Å². The monoisotopic (exact) mass is 692 g/mol. The fourth-order valence-corrected chi connectivity index (χ4v) is 6.93. The summed E-state index contributed by atoms with van der Waals surface area (Å²) >= 11 is 2.89. The van der Waals surface area contributed by atoms with Crippen molar-refractivity contribution in [3.63, 3.8) is 0 Å². The molecular formula is C37H32N4O4S3. The first-order valence-corrected chi connectivity index (χ1v) is 17.1. The van der Waals surface area contributed by atoms with E-state index in [2.05, 4.69) is 98.8 Å². The number of ether oxygens (including phenoxy) is 2. The molecule has 0 saturated carbocycles. The lowest BCUT2D eigenvalue weighted by atomic mass is 10.0. The molecule has 0 spiro atoms. The predicted octanol–water partition coefficient (Wildman–Crippen LogP) is 7.80. The van der Waals surface area contributed by atoms with Crippen molar-refractivity contribution >= 4 is 61.2 Å². The molecule has 2 N–H and O–H groups in total. The lowest BCUT2D eigenvalue weighted by Gasteiger charge is -2.09. The van der Waals surface area contributed by atoms with Gasteiger partial charge in [0, 0.05) is 47.1 Å². The van der Waals surface area contributed by atoms with Crippen LogP contribution in [0.3, 0.4) is 0 Å². The number of hydrogen-bond acceptors (Lipinski definition) is 10. The maximum atomic E-state index is 12.9. The molecule has 1 unspecified atom stereocenters. The second-order valence-electron chi connectivity index (χ2n) is 8.78. The summed E-state index contributed by atoms with van der Waals surface area (Å²) in [5, 5.41) is 3.50. The molecule has 48 heavy (non-hydrogen) atoms. The van der Waals surface area contributed by atoms with Crippen LogP contribution in [0.4, 0.5) is 5.69 Å². The highest BCUT2D eigenvalue weighted by molar-refractivity contribution is 7.87. The number of hydrogen-bond donors (Lipinski definition) is 1. The fourth-order valence-electron chi connectivity index (χ4n) is 3.54. The Morgan fingerprint density at radius 1 is 1.04 bits per heavy atom. The van der Waals surface area contributed by atoms with Gasteiger partial charge < -0.3 is 15.2 Å². The minimum atomic E-state index is -1.17. The molecule has 8 nitrogen and oxygen atoms in total. The van der Waals surface area contributed by atoms with Crippen LogP contribution in [-0.4, -0.2) is 52.5 Å². The zero-order valence-electron chi connectivity index (χ0n) is 26.8. The molecule has 0 aliphatic heterocycles. The summed E-state index contributed by atoms with van der Waals surface area (Å²) in [4.78, 5) is 24.8. The Kier molecular flexibility index (Phi) is 17.7. The van der Waals surface area contributed by atoms with Gasteiger partial charge in [-0.3, -0.25) is 4.21 Å². The van der Waals surface area contributed by atoms with E-state index in [1.165, 1.54) is 29.8 Å². The molecule has 0 amide bonds. The van der Waals surface area contributed by atoms with Crippen LogP contribution in [0.1, 0.15) is 19.8 Å². The van der Waals surface area contributed by atoms with E-state index in [1.807, 2.05) is 23.6 Å². The molecule has 1 aromatic carbocycles. The highest BCUT2D eigenvalue weighted by Crippen LogP contribution is 2.43. The quantitative estimate of drug-likeness (QED) is 0.108. The van der Waals surface area contributed by atoms with Gasteiger partial charge in [-0.05, 0) is 78.4 Å². The molecule has 0 bridgehead atoms. The Morgan fingerprint density at radius 3 is 2.27 bits per heavy atom. The standard InChI is InChI=1S/C23H23N3O4S3.C7H5N.C7H4/c1-3-4-11-33(28)23-20(24)19-16(12-17(26-22(19)32-23)21-25-9-10-31-21)14-5-7-15(8-6-14)30-13-18(27)29-2;1-3-4-5-6-7-8-2;1-3-5-7-6-4-2/h5-10,12H,3-4,11,13,24H2,1-2H3;1H2,2H3;1-2H2. The van der Waals surface area contributed by atoms with Gasteiger partial charge >= 0.3 is 5.97 Å². The van der Waals surface area contributed by atoms with Crippen LogP contribution in [0.25, 0.3) is 32.0 Å². The lowest BCUT2D eigenvalue weighted by Crippen LogP contribution is -2.12. The third kappa shape index (κ3) is 12.3. The molecule has 0 aliphatic carbocycles. The van der Waals surface area contributed by atoms with Crippen LogP contribution in [0.15, 0.2) is 122 Å². The number of rotatable bonds is 9. The summed E-state index contributed by atoms with van der Waals surface area (Å²) in [6, 6.07) is 9.34. The number of benzene rings is 1. The van der Waals surface area contributed by atoms with Crippen molar-refractivity contribution in [2.24, 2.45) is 4.99 Å². The van der Waals surface area contributed by atoms with E-state index in [-0.39, 0.29) is 6.61 Å². The number of thiophene rings is 1. The number of esters is 1. The van der Waals surface area contributed by atoms with Crippen molar-refractivity contribution in [1.82, 2.24) is 9.97 Å². The lowest BCUT2D eigenvalue weighted by molar-refractivity contribution is -0.142. The summed E-state index contributed by atoms with van der Waals surface area (Å²) in [5.41, 5.74) is 31.3. The topological polar surface area (TPSA) is 117 Å². The second-order valence-corrected chi connectivity index (χ2v) is 12.4. The zero-order valence-corrected chi connectivity index (χ0v) is 29.2. The molecule has 3 heterocycles. The Morgan fingerprint density at radius 2 is 1.71 bits per heavy atom. The fraction of sp³-hybridized carbons (Fsp3) is 0.189. The van der Waals surface area contributed by atoms with E-state index in [9.17, 15) is 9.00 Å². The molecule has 0 fully saturated rings. The highest BCUT2D eigenvalue weighted by Gasteiger charge is 2.21. The maximum Gasteiger partial charge on any atom is 0.343 e. The van der Waals surface area contributed by atoms with Gasteiger partial charge in [-0.1, -0.05) is 42.7 Å². The average Bonchev–Trinajstić information content (AvgIpc) is 3.77. The van der Waals surface area contributed by atoms with Gasteiger partial charge in [0.1, 0.15) is 25.5 Å². The highest BCUT2D eigenvalue weighted by atomic mass is 32.2. The average molecular weight is 693 g/mol. The molecule has 4 rings (SSSR count). The summed E-state index contributed by atoms with van der Waals surface area (Å²) < 4.78 is 23.6.